The zero-order chi connectivity index (χ0) is 57.0. The Labute approximate surface area is 443 Å². The normalized spacial score (nSPS) is 28.0. The monoisotopic (exact) mass is 1090 g/mol. The predicted molar refractivity (Wildman–Crippen MR) is 272 cm³/mol. The molecule has 0 spiro atoms. The molecule has 25 nitrogen and oxygen atoms in total. The summed E-state index contributed by atoms with van der Waals surface area (Å²) in [7, 11) is 4.28. The number of carbonyl (C=O) groups excluding carboxylic acids is 2. The van der Waals surface area contributed by atoms with Crippen LogP contribution in [0.3, 0.4) is 0 Å². The maximum Gasteiger partial charge on any atom is 0.405 e. The molecule has 0 bridgehead atoms. The summed E-state index contributed by atoms with van der Waals surface area (Å²) in [5.74, 6) is 1.14. The summed E-state index contributed by atoms with van der Waals surface area (Å²) in [6.45, 7) is 10.4. The minimum Gasteiger partial charge on any atom is -0.462 e. The topological polar surface area (TPSA) is 359 Å². The molecule has 6 unspecified atom stereocenters. The van der Waals surface area contributed by atoms with Gasteiger partial charge in [-0.05, 0) is 114 Å². The Hall–Kier alpha value is -7.17. The molecule has 78 heavy (non-hydrogen) atoms. The Morgan fingerprint density at radius 1 is 0.436 bits per heavy atom. The molecule has 0 aliphatic carbocycles. The van der Waals surface area contributed by atoms with E-state index in [0.717, 1.165) is 0 Å². The summed E-state index contributed by atoms with van der Waals surface area (Å²) in [6.07, 6.45) is -15.0. The van der Waals surface area contributed by atoms with E-state index in [4.69, 9.17) is 76.8 Å². The van der Waals surface area contributed by atoms with Crippen molar-refractivity contribution in [3.05, 3.63) is 122 Å². The number of hydrogen-bond acceptors (Lipinski definition) is 23. The van der Waals surface area contributed by atoms with Gasteiger partial charge in [0.05, 0.1) is 16.8 Å². The molecule has 0 saturated carbocycles. The highest BCUT2D eigenvalue weighted by Crippen LogP contribution is 2.37. The van der Waals surface area contributed by atoms with Crippen molar-refractivity contribution in [1.82, 2.24) is 0 Å². The molecule has 9 rings (SSSR count). The lowest BCUT2D eigenvalue weighted by molar-refractivity contribution is -0.306. The fourth-order valence-electron chi connectivity index (χ4n) is 9.37. The van der Waals surface area contributed by atoms with Crippen LogP contribution in [0.1, 0.15) is 41.5 Å². The Morgan fingerprint density at radius 2 is 0.769 bits per heavy atom. The number of carbonyl (C=O) groups is 2. The molecule has 6 heterocycles. The van der Waals surface area contributed by atoms with Crippen LogP contribution in [0, 0.1) is 0 Å². The first kappa shape index (κ1) is 58.5. The quantitative estimate of drug-likeness (QED) is 0.101. The smallest absolute Gasteiger partial charge is 0.405 e. The largest absolute Gasteiger partial charge is 0.462 e. The van der Waals surface area contributed by atoms with Gasteiger partial charge in [-0.15, -0.1) is 0 Å². The first-order chi connectivity index (χ1) is 36.7. The minimum atomic E-state index is -1.35. The predicted octanol–water partition coefficient (Wildman–Crippen LogP) is 3.34. The van der Waals surface area contributed by atoms with Crippen molar-refractivity contribution in [1.29, 1.82) is 0 Å². The molecule has 3 aromatic heterocycles. The minimum absolute atomic E-state index is 0.360. The molecule has 12 atom stereocenters. The van der Waals surface area contributed by atoms with Gasteiger partial charge in [0, 0.05) is 55.7 Å². The number of rotatable bonds is 11. The lowest BCUT2D eigenvalue weighted by Gasteiger charge is -2.47. The van der Waals surface area contributed by atoms with Gasteiger partial charge in [0.25, 0.3) is 0 Å². The zero-order valence-electron chi connectivity index (χ0n) is 43.8. The van der Waals surface area contributed by atoms with E-state index in [9.17, 15) is 44.4 Å². The van der Waals surface area contributed by atoms with E-state index in [0.29, 0.717) is 50.2 Å². The molecule has 3 saturated heterocycles. The number of aliphatic hydroxyl groups is 4. The summed E-state index contributed by atoms with van der Waals surface area (Å²) in [6, 6.07) is 23.1. The highest BCUT2D eigenvalue weighted by Gasteiger charge is 2.55. The van der Waals surface area contributed by atoms with Crippen molar-refractivity contribution in [3.63, 3.8) is 0 Å². The third-order valence-electron chi connectivity index (χ3n) is 12.9. The first-order valence-electron chi connectivity index (χ1n) is 24.1. The molecule has 0 radical (unpaired) electrons. The number of aliphatic hydroxyl groups excluding tert-OH is 4. The first-order valence-corrected chi connectivity index (χ1v) is 24.1. The fraction of sp³-hybridized carbons (Fsp3) is 0.453. The van der Waals surface area contributed by atoms with Gasteiger partial charge in [0.2, 0.25) is 18.9 Å². The molecular formula is C53H62N2O23. The molecule has 3 aromatic carbocycles. The van der Waals surface area contributed by atoms with Crippen molar-refractivity contribution in [2.75, 3.05) is 21.3 Å². The van der Waals surface area contributed by atoms with E-state index in [1.54, 1.807) is 114 Å². The van der Waals surface area contributed by atoms with Crippen molar-refractivity contribution in [2.24, 2.45) is 11.5 Å². The second-order valence-electron chi connectivity index (χ2n) is 19.7. The molecule has 3 aliphatic rings. The van der Waals surface area contributed by atoms with Crippen LogP contribution in [0.2, 0.25) is 0 Å². The van der Waals surface area contributed by atoms with Crippen LogP contribution in [0.4, 0.5) is 9.59 Å². The summed E-state index contributed by atoms with van der Waals surface area (Å²) < 4.78 is 75.9. The Morgan fingerprint density at radius 3 is 1.15 bits per heavy atom. The van der Waals surface area contributed by atoms with E-state index >= 15 is 0 Å². The van der Waals surface area contributed by atoms with Crippen LogP contribution >= 0.6 is 0 Å². The average Bonchev–Trinajstić information content (AvgIpc) is 3.43. The van der Waals surface area contributed by atoms with Crippen LogP contribution in [0.5, 0.6) is 17.2 Å². The molecule has 25 heteroatoms. The number of hydrogen-bond donors (Lipinski definition) is 6. The second kappa shape index (κ2) is 23.8. The lowest BCUT2D eigenvalue weighted by atomic mass is 9.89. The summed E-state index contributed by atoms with van der Waals surface area (Å²) in [5.41, 5.74) is 7.39. The third-order valence-corrected chi connectivity index (χ3v) is 12.9. The Bertz CT molecular complexity index is 3240. The summed E-state index contributed by atoms with van der Waals surface area (Å²) in [5, 5.41) is 43.6. The van der Waals surface area contributed by atoms with Crippen LogP contribution in [-0.4, -0.2) is 145 Å². The van der Waals surface area contributed by atoms with Crippen LogP contribution in [0.25, 0.3) is 32.9 Å². The van der Waals surface area contributed by atoms with Crippen LogP contribution in [-0.2, 0) is 37.9 Å². The molecule has 8 N–H and O–H groups in total. The molecule has 2 amide bonds. The van der Waals surface area contributed by atoms with Gasteiger partial charge < -0.3 is 97.3 Å². The van der Waals surface area contributed by atoms with Gasteiger partial charge in [-0.3, -0.25) is 0 Å². The van der Waals surface area contributed by atoms with Gasteiger partial charge >= 0.3 is 29.1 Å². The highest BCUT2D eigenvalue weighted by molar-refractivity contribution is 5.79. The van der Waals surface area contributed by atoms with E-state index < -0.39 is 120 Å². The van der Waals surface area contributed by atoms with Crippen molar-refractivity contribution in [3.8, 4) is 17.2 Å². The van der Waals surface area contributed by atoms with Crippen molar-refractivity contribution < 1.29 is 95.4 Å². The van der Waals surface area contributed by atoms with E-state index in [-0.39, 0.29) is 0 Å². The van der Waals surface area contributed by atoms with Gasteiger partial charge in [-0.25, -0.2) is 24.0 Å². The molecule has 6 aromatic rings. The Kier molecular flexibility index (Phi) is 17.9. The molecular weight excluding hydrogens is 1030 g/mol. The average molecular weight is 1100 g/mol. The number of methoxy groups -OCH3 is 3. The van der Waals surface area contributed by atoms with E-state index in [1.807, 2.05) is 0 Å². The fourth-order valence-corrected chi connectivity index (χ4v) is 9.37. The third kappa shape index (κ3) is 13.4. The highest BCUT2D eigenvalue weighted by atomic mass is 16.7. The van der Waals surface area contributed by atoms with Crippen molar-refractivity contribution in [2.45, 2.75) is 132 Å². The molecule has 422 valence electrons. The SMILES string of the molecule is CO[C@@H]1C(O)[C@H](O)C(Oc2ccc3oc(=O)ccc3c2)OC1(C)C.CO[C@@H]1C(O)[C@H](OC(N)=O)C(Oc2ccc3oc(=O)ccc3c2)OC1(C)C.CO[C@@H]1C(OC(N)=O)[C@H](O)C(Oc2ccc3oc(=O)ccc3c2)OC1(C)C. The number of benzene rings is 3. The van der Waals surface area contributed by atoms with Gasteiger partial charge in [0.15, 0.2) is 18.3 Å². The molecule has 3 fully saturated rings. The zero-order valence-corrected chi connectivity index (χ0v) is 43.8. The van der Waals surface area contributed by atoms with Crippen LogP contribution in [0.15, 0.2) is 119 Å². The number of ether oxygens (including phenoxy) is 11. The second-order valence-corrected chi connectivity index (χ2v) is 19.7. The number of fused-ring (bicyclic) bond motifs is 3. The Balaban J connectivity index is 0.000000170. The summed E-state index contributed by atoms with van der Waals surface area (Å²) in [4.78, 5) is 56.3. The number of primary amides is 2. The summed E-state index contributed by atoms with van der Waals surface area (Å²) >= 11 is 0. The maximum atomic E-state index is 11.3. The molecule has 3 aliphatic heterocycles. The maximum absolute atomic E-state index is 11.3. The number of nitrogens with two attached hydrogens (primary N) is 2. The number of amides is 2. The van der Waals surface area contributed by atoms with E-state index in [1.165, 1.54) is 39.5 Å². The standard InChI is InChI=1S/2C18H21NO8.C17H20O7/c1-18(2)15(23-3)14(26-17(19)22)13(21)16(27-18)24-10-5-6-11-9(8-10)4-7-12(20)25-11;1-18(2)15(23-3)13(21)14(26-17(19)22)16(27-18)24-10-5-6-11-9(8-10)4-7-12(20)25-11;1-17(2)15(21-3)13(19)14(20)16(24-17)22-10-5-6-11-9(8-10)4-7-12(18)23-11/h2*4-8,13-16,21H,1-3H3,(H2,19,22);4-8,13-16,19-20H,1-3H3/t13-,14?,15+,16?;2*13?,14-,15+,16?/m000/s1. The van der Waals surface area contributed by atoms with Crippen LogP contribution < -0.4 is 42.6 Å². The van der Waals surface area contributed by atoms with Gasteiger partial charge in [0.1, 0.15) is 70.6 Å². The van der Waals surface area contributed by atoms with Crippen molar-refractivity contribution >= 4 is 45.1 Å². The van der Waals surface area contributed by atoms with Gasteiger partial charge in [-0.2, -0.15) is 0 Å². The van der Waals surface area contributed by atoms with Gasteiger partial charge in [-0.1, -0.05) is 0 Å². The lowest BCUT2D eigenvalue weighted by Crippen LogP contribution is -2.65. The van der Waals surface area contributed by atoms with E-state index in [2.05, 4.69) is 0 Å².